The van der Waals surface area contributed by atoms with Gasteiger partial charge >= 0.3 is 0 Å². The van der Waals surface area contributed by atoms with E-state index in [0.29, 0.717) is 18.5 Å². The third-order valence-corrected chi connectivity index (χ3v) is 4.27. The van der Waals surface area contributed by atoms with E-state index in [2.05, 4.69) is 13.8 Å². The van der Waals surface area contributed by atoms with Gasteiger partial charge in [0.1, 0.15) is 0 Å². The highest BCUT2D eigenvalue weighted by Gasteiger charge is 2.28. The summed E-state index contributed by atoms with van der Waals surface area (Å²) in [5, 5.41) is 0. The second kappa shape index (κ2) is 6.85. The fourth-order valence-electron chi connectivity index (χ4n) is 2.94. The van der Waals surface area contributed by atoms with Crippen molar-refractivity contribution in [3.05, 3.63) is 29.3 Å². The van der Waals surface area contributed by atoms with Gasteiger partial charge in [-0.3, -0.25) is 9.59 Å². The third kappa shape index (κ3) is 3.16. The van der Waals surface area contributed by atoms with Gasteiger partial charge in [0.25, 0.3) is 0 Å². The van der Waals surface area contributed by atoms with Crippen LogP contribution in [0.5, 0.6) is 0 Å². The number of nitrogens with zero attached hydrogens (tertiary/aromatic N) is 1. The van der Waals surface area contributed by atoms with Crippen LogP contribution in [-0.4, -0.2) is 24.8 Å². The van der Waals surface area contributed by atoms with Gasteiger partial charge in [0.2, 0.25) is 5.91 Å². The van der Waals surface area contributed by atoms with Crippen LogP contribution in [0.25, 0.3) is 0 Å². The highest BCUT2D eigenvalue weighted by atomic mass is 16.2. The SMILES string of the molecule is CCC(CC)C(=O)N1CCc2cc(C(=O)CCN)ccc21. The third-order valence-electron chi connectivity index (χ3n) is 4.27. The van der Waals surface area contributed by atoms with Crippen molar-refractivity contribution >= 4 is 17.4 Å². The lowest BCUT2D eigenvalue weighted by molar-refractivity contribution is -0.122. The molecule has 2 N–H and O–H groups in total. The summed E-state index contributed by atoms with van der Waals surface area (Å²) < 4.78 is 0. The molecule has 1 aromatic carbocycles. The predicted octanol–water partition coefficient (Wildman–Crippen LogP) is 2.54. The molecule has 1 aliphatic heterocycles. The van der Waals surface area contributed by atoms with E-state index in [1.165, 1.54) is 0 Å². The molecule has 0 fully saturated rings. The lowest BCUT2D eigenvalue weighted by Gasteiger charge is -2.22. The number of carbonyl (C=O) groups excluding carboxylic acids is 2. The number of fused-ring (bicyclic) bond motifs is 1. The van der Waals surface area contributed by atoms with Crippen molar-refractivity contribution in [3.8, 4) is 0 Å². The Labute approximate surface area is 126 Å². The van der Waals surface area contributed by atoms with Crippen molar-refractivity contribution in [2.45, 2.75) is 39.5 Å². The number of nitrogens with two attached hydrogens (primary N) is 1. The second-order valence-corrected chi connectivity index (χ2v) is 5.56. The molecular weight excluding hydrogens is 264 g/mol. The van der Waals surface area contributed by atoms with Crippen LogP contribution in [0.2, 0.25) is 0 Å². The number of Topliss-reactive ketones (excluding diaryl/α,β-unsaturated/α-hetero) is 1. The van der Waals surface area contributed by atoms with Crippen LogP contribution in [0, 0.1) is 5.92 Å². The molecule has 114 valence electrons. The zero-order valence-electron chi connectivity index (χ0n) is 12.9. The molecule has 4 heteroatoms. The van der Waals surface area contributed by atoms with E-state index >= 15 is 0 Å². The lowest BCUT2D eigenvalue weighted by atomic mass is 10.0. The monoisotopic (exact) mass is 288 g/mol. The van der Waals surface area contributed by atoms with Crippen LogP contribution >= 0.6 is 0 Å². The number of rotatable bonds is 6. The summed E-state index contributed by atoms with van der Waals surface area (Å²) >= 11 is 0. The molecule has 0 atom stereocenters. The minimum atomic E-state index is 0.0741. The summed E-state index contributed by atoms with van der Waals surface area (Å²) in [6.45, 7) is 5.20. The maximum absolute atomic E-state index is 12.5. The smallest absolute Gasteiger partial charge is 0.230 e. The molecule has 2 rings (SSSR count). The fourth-order valence-corrected chi connectivity index (χ4v) is 2.94. The van der Waals surface area contributed by atoms with Crippen LogP contribution in [0.4, 0.5) is 5.69 Å². The fraction of sp³-hybridized carbons (Fsp3) is 0.529. The molecule has 0 aliphatic carbocycles. The quantitative estimate of drug-likeness (QED) is 0.818. The summed E-state index contributed by atoms with van der Waals surface area (Å²) in [7, 11) is 0. The Hall–Kier alpha value is -1.68. The van der Waals surface area contributed by atoms with Crippen LogP contribution in [0.3, 0.4) is 0 Å². The van der Waals surface area contributed by atoms with Crippen LogP contribution in [-0.2, 0) is 11.2 Å². The number of ketones is 1. The molecule has 1 aromatic rings. The summed E-state index contributed by atoms with van der Waals surface area (Å²) in [5.41, 5.74) is 8.20. The van der Waals surface area contributed by atoms with Crippen molar-refractivity contribution in [1.29, 1.82) is 0 Å². The van der Waals surface area contributed by atoms with Gasteiger partial charge in [-0.1, -0.05) is 13.8 Å². The zero-order valence-corrected chi connectivity index (χ0v) is 12.9. The van der Waals surface area contributed by atoms with Crippen LogP contribution < -0.4 is 10.6 Å². The first-order valence-corrected chi connectivity index (χ1v) is 7.79. The normalized spacial score (nSPS) is 13.6. The number of benzene rings is 1. The second-order valence-electron chi connectivity index (χ2n) is 5.56. The molecule has 1 aliphatic rings. The van der Waals surface area contributed by atoms with Crippen molar-refractivity contribution < 1.29 is 9.59 Å². The molecule has 0 bridgehead atoms. The van der Waals surface area contributed by atoms with Gasteiger partial charge in [-0.2, -0.15) is 0 Å². The largest absolute Gasteiger partial charge is 0.330 e. The molecule has 0 spiro atoms. The van der Waals surface area contributed by atoms with Gasteiger partial charge in [0.05, 0.1) is 0 Å². The Morgan fingerprint density at radius 1 is 1.29 bits per heavy atom. The van der Waals surface area contributed by atoms with E-state index in [4.69, 9.17) is 5.73 Å². The van der Waals surface area contributed by atoms with Gasteiger partial charge in [-0.05, 0) is 49.6 Å². The van der Waals surface area contributed by atoms with Crippen molar-refractivity contribution in [2.75, 3.05) is 18.0 Å². The molecule has 0 aromatic heterocycles. The maximum Gasteiger partial charge on any atom is 0.230 e. The summed E-state index contributed by atoms with van der Waals surface area (Å²) in [4.78, 5) is 26.3. The van der Waals surface area contributed by atoms with Gasteiger partial charge in [0.15, 0.2) is 5.78 Å². The minimum Gasteiger partial charge on any atom is -0.330 e. The molecule has 0 unspecified atom stereocenters. The van der Waals surface area contributed by atoms with E-state index in [9.17, 15) is 9.59 Å². The maximum atomic E-state index is 12.5. The van der Waals surface area contributed by atoms with Crippen molar-refractivity contribution in [3.63, 3.8) is 0 Å². The Balaban J connectivity index is 2.22. The summed E-state index contributed by atoms with van der Waals surface area (Å²) in [6.07, 6.45) is 2.93. The number of amides is 1. The molecule has 1 heterocycles. The minimum absolute atomic E-state index is 0.0741. The number of hydrogen-bond donors (Lipinski definition) is 1. The average Bonchev–Trinajstić information content (AvgIpc) is 2.91. The van der Waals surface area contributed by atoms with Gasteiger partial charge in [0, 0.05) is 30.1 Å². The van der Waals surface area contributed by atoms with Crippen molar-refractivity contribution in [2.24, 2.45) is 11.7 Å². The molecule has 21 heavy (non-hydrogen) atoms. The Bertz CT molecular complexity index is 536. The molecule has 1 amide bonds. The van der Waals surface area contributed by atoms with Gasteiger partial charge in [-0.15, -0.1) is 0 Å². The molecule has 0 saturated heterocycles. The molecule has 0 radical (unpaired) electrons. The predicted molar refractivity (Wildman–Crippen MR) is 84.6 cm³/mol. The zero-order chi connectivity index (χ0) is 15.4. The highest BCUT2D eigenvalue weighted by Crippen LogP contribution is 2.31. The van der Waals surface area contributed by atoms with Crippen molar-refractivity contribution in [1.82, 2.24) is 0 Å². The van der Waals surface area contributed by atoms with Gasteiger partial charge < -0.3 is 10.6 Å². The highest BCUT2D eigenvalue weighted by molar-refractivity contribution is 6.00. The Morgan fingerprint density at radius 3 is 2.62 bits per heavy atom. The topological polar surface area (TPSA) is 63.4 Å². The van der Waals surface area contributed by atoms with E-state index < -0.39 is 0 Å². The summed E-state index contributed by atoms with van der Waals surface area (Å²) in [5.74, 6) is 0.374. The molecule has 0 saturated carbocycles. The Kier molecular flexibility index (Phi) is 5.12. The number of carbonyl (C=O) groups is 2. The number of hydrogen-bond acceptors (Lipinski definition) is 3. The first-order chi connectivity index (χ1) is 10.1. The van der Waals surface area contributed by atoms with E-state index in [0.717, 1.165) is 37.1 Å². The van der Waals surface area contributed by atoms with E-state index in [1.807, 2.05) is 23.1 Å². The van der Waals surface area contributed by atoms with Crippen LogP contribution in [0.1, 0.15) is 49.0 Å². The van der Waals surface area contributed by atoms with E-state index in [1.54, 1.807) is 0 Å². The molecular formula is C17H24N2O2. The average molecular weight is 288 g/mol. The Morgan fingerprint density at radius 2 is 2.00 bits per heavy atom. The first kappa shape index (κ1) is 15.7. The van der Waals surface area contributed by atoms with Gasteiger partial charge in [-0.25, -0.2) is 0 Å². The van der Waals surface area contributed by atoms with Crippen LogP contribution in [0.15, 0.2) is 18.2 Å². The first-order valence-electron chi connectivity index (χ1n) is 7.79. The van der Waals surface area contributed by atoms with E-state index in [-0.39, 0.29) is 17.6 Å². The summed E-state index contributed by atoms with van der Waals surface area (Å²) in [6, 6.07) is 5.65. The number of anilines is 1. The molecule has 4 nitrogen and oxygen atoms in total. The lowest BCUT2D eigenvalue weighted by Crippen LogP contribution is -2.34. The standard InChI is InChI=1S/C17H24N2O2/c1-3-12(4-2)17(21)19-10-8-13-11-14(5-6-15(13)19)16(20)7-9-18/h5-6,11-12H,3-4,7-10,18H2,1-2H3.